The number of hydrogen-bond donors (Lipinski definition) is 2. The van der Waals surface area contributed by atoms with Gasteiger partial charge < -0.3 is 10.1 Å². The van der Waals surface area contributed by atoms with Gasteiger partial charge >= 0.3 is 0 Å². The molecule has 2 atom stereocenters. The Morgan fingerprint density at radius 1 is 1.22 bits per heavy atom. The zero-order chi connectivity index (χ0) is 25.7. The third-order valence-electron chi connectivity index (χ3n) is 6.07. The number of benzene rings is 1. The number of nitrogens with zero attached hydrogens (tertiary/aromatic N) is 5. The molecule has 2 aromatic heterocycles. The number of rotatable bonds is 9. The van der Waals surface area contributed by atoms with Gasteiger partial charge in [0.25, 0.3) is 5.91 Å². The summed E-state index contributed by atoms with van der Waals surface area (Å²) in [5.41, 5.74) is 2.50. The summed E-state index contributed by atoms with van der Waals surface area (Å²) in [6.45, 7) is 2.70. The second-order valence-corrected chi connectivity index (χ2v) is 11.0. The van der Waals surface area contributed by atoms with E-state index < -0.39 is 10.0 Å². The highest BCUT2D eigenvalue weighted by Crippen LogP contribution is 2.26. The molecule has 12 heteroatoms. The summed E-state index contributed by atoms with van der Waals surface area (Å²) < 4.78 is 31.1. The first kappa shape index (κ1) is 25.7. The molecule has 1 aromatic carbocycles. The Labute approximate surface area is 210 Å². The summed E-state index contributed by atoms with van der Waals surface area (Å²) in [4.78, 5) is 18.7. The Kier molecular flexibility index (Phi) is 7.94. The van der Waals surface area contributed by atoms with Crippen LogP contribution in [-0.2, 0) is 23.1 Å². The van der Waals surface area contributed by atoms with Crippen LogP contribution in [0.2, 0.25) is 0 Å². The molecule has 0 spiro atoms. The molecule has 36 heavy (non-hydrogen) atoms. The Morgan fingerprint density at radius 2 is 2.06 bits per heavy atom. The summed E-state index contributed by atoms with van der Waals surface area (Å²) in [5.74, 6) is 1.07. The molecule has 1 saturated carbocycles. The first-order valence-electron chi connectivity index (χ1n) is 11.8. The van der Waals surface area contributed by atoms with Gasteiger partial charge in [-0.1, -0.05) is 18.6 Å². The molecule has 2 heterocycles. The number of aromatic nitrogens is 5. The van der Waals surface area contributed by atoms with Crippen molar-refractivity contribution in [2.45, 2.75) is 51.7 Å². The largest absolute Gasteiger partial charge is 0.497 e. The monoisotopic (exact) mass is 513 g/mol. The van der Waals surface area contributed by atoms with E-state index in [4.69, 9.17) is 4.74 Å². The molecular weight excluding hydrogens is 482 g/mol. The highest BCUT2D eigenvalue weighted by atomic mass is 32.2. The van der Waals surface area contributed by atoms with Gasteiger partial charge in [-0.15, -0.1) is 10.2 Å². The van der Waals surface area contributed by atoms with E-state index in [2.05, 4.69) is 30.4 Å². The van der Waals surface area contributed by atoms with Gasteiger partial charge in [0.05, 0.1) is 19.9 Å². The molecule has 192 valence electrons. The molecule has 11 nitrogen and oxygen atoms in total. The number of pyridine rings is 1. The van der Waals surface area contributed by atoms with E-state index in [0.717, 1.165) is 37.0 Å². The van der Waals surface area contributed by atoms with Gasteiger partial charge in [-0.3, -0.25) is 4.79 Å². The molecular formula is C24H31N7O4S. The first-order chi connectivity index (χ1) is 17.2. The Morgan fingerprint density at radius 3 is 2.83 bits per heavy atom. The zero-order valence-electron chi connectivity index (χ0n) is 20.6. The number of tetrazole rings is 1. The average molecular weight is 514 g/mol. The fourth-order valence-corrected chi connectivity index (χ4v) is 5.32. The van der Waals surface area contributed by atoms with Crippen LogP contribution in [0.5, 0.6) is 5.75 Å². The molecule has 2 N–H and O–H groups in total. The van der Waals surface area contributed by atoms with Crippen molar-refractivity contribution < 1.29 is 17.9 Å². The molecule has 0 unspecified atom stereocenters. The normalized spacial score (nSPS) is 18.1. The van der Waals surface area contributed by atoms with Gasteiger partial charge in [-0.2, -0.15) is 4.80 Å². The van der Waals surface area contributed by atoms with Crippen molar-refractivity contribution in [2.24, 2.45) is 5.92 Å². The molecule has 3 aromatic rings. The predicted octanol–water partition coefficient (Wildman–Crippen LogP) is 2.09. The number of sulfonamides is 1. The van der Waals surface area contributed by atoms with Gasteiger partial charge in [0.2, 0.25) is 15.8 Å². The van der Waals surface area contributed by atoms with E-state index in [-0.39, 0.29) is 23.6 Å². The van der Waals surface area contributed by atoms with E-state index in [0.29, 0.717) is 30.2 Å². The van der Waals surface area contributed by atoms with Gasteiger partial charge in [0, 0.05) is 23.8 Å². The summed E-state index contributed by atoms with van der Waals surface area (Å²) in [5, 5.41) is 15.8. The SMILES string of the molecule is COc1cccc(CNC(=O)c2cc(-c3nnn(C[C@H]4CCC[C@@H](NS(C)(=O)=O)C4)n3)cc(C)n2)c1. The average Bonchev–Trinajstić information content (AvgIpc) is 3.30. The number of aryl methyl sites for hydroxylation is 1. The fraction of sp³-hybridized carbons (Fsp3) is 0.458. The summed E-state index contributed by atoms with van der Waals surface area (Å²) >= 11 is 0. The lowest BCUT2D eigenvalue weighted by molar-refractivity contribution is 0.0945. The van der Waals surface area contributed by atoms with Crippen molar-refractivity contribution in [1.29, 1.82) is 0 Å². The summed E-state index contributed by atoms with van der Waals surface area (Å²) in [6.07, 6.45) is 4.67. The van der Waals surface area contributed by atoms with E-state index in [1.165, 1.54) is 6.26 Å². The lowest BCUT2D eigenvalue weighted by Gasteiger charge is -2.28. The molecule has 1 fully saturated rings. The van der Waals surface area contributed by atoms with Crippen molar-refractivity contribution in [2.75, 3.05) is 13.4 Å². The van der Waals surface area contributed by atoms with Crippen molar-refractivity contribution in [3.05, 3.63) is 53.3 Å². The molecule has 0 radical (unpaired) electrons. The molecule has 1 aliphatic carbocycles. The minimum Gasteiger partial charge on any atom is -0.497 e. The van der Waals surface area contributed by atoms with Gasteiger partial charge in [-0.25, -0.2) is 18.1 Å². The number of amides is 1. The number of ether oxygens (including phenoxy) is 1. The maximum absolute atomic E-state index is 12.8. The van der Waals surface area contributed by atoms with Crippen molar-refractivity contribution >= 4 is 15.9 Å². The lowest BCUT2D eigenvalue weighted by Crippen LogP contribution is -2.38. The number of methoxy groups -OCH3 is 1. The minimum atomic E-state index is -3.24. The smallest absolute Gasteiger partial charge is 0.270 e. The van der Waals surface area contributed by atoms with Crippen LogP contribution in [0.4, 0.5) is 0 Å². The number of carbonyl (C=O) groups is 1. The molecule has 0 bridgehead atoms. The molecule has 4 rings (SSSR count). The second-order valence-electron chi connectivity index (χ2n) is 9.20. The summed E-state index contributed by atoms with van der Waals surface area (Å²) in [7, 11) is -1.64. The van der Waals surface area contributed by atoms with Gasteiger partial charge in [0.1, 0.15) is 11.4 Å². The molecule has 0 saturated heterocycles. The fourth-order valence-electron chi connectivity index (χ4n) is 4.50. The second kappa shape index (κ2) is 11.1. The van der Waals surface area contributed by atoms with Crippen LogP contribution in [0, 0.1) is 12.8 Å². The predicted molar refractivity (Wildman–Crippen MR) is 134 cm³/mol. The van der Waals surface area contributed by atoms with E-state index in [9.17, 15) is 13.2 Å². The third kappa shape index (κ3) is 7.08. The van der Waals surface area contributed by atoms with E-state index in [1.807, 2.05) is 37.3 Å². The molecule has 1 aliphatic rings. The number of hydrogen-bond acceptors (Lipinski definition) is 8. The Bertz CT molecular complexity index is 1330. The van der Waals surface area contributed by atoms with Crippen LogP contribution in [0.1, 0.15) is 47.4 Å². The van der Waals surface area contributed by atoms with Crippen LogP contribution >= 0.6 is 0 Å². The number of nitrogens with one attached hydrogen (secondary N) is 2. The van der Waals surface area contributed by atoms with Crippen LogP contribution in [0.25, 0.3) is 11.4 Å². The highest BCUT2D eigenvalue weighted by Gasteiger charge is 2.25. The standard InChI is InChI=1S/C24H31N7O4S/c1-16-10-19(13-22(26-16)24(32)25-14-17-6-5-9-21(12-17)35-2)23-27-30-31(28-23)15-18-7-4-8-20(11-18)29-36(3,33)34/h5-6,9-10,12-13,18,20,29H,4,7-8,11,14-15H2,1-3H3,(H,25,32)/t18-,20+/m0/s1. The minimum absolute atomic E-state index is 0.0670. The van der Waals surface area contributed by atoms with Crippen molar-refractivity contribution in [3.63, 3.8) is 0 Å². The van der Waals surface area contributed by atoms with E-state index in [1.54, 1.807) is 18.0 Å². The maximum Gasteiger partial charge on any atom is 0.270 e. The first-order valence-corrected chi connectivity index (χ1v) is 13.7. The van der Waals surface area contributed by atoms with Gasteiger partial charge in [0.15, 0.2) is 0 Å². The zero-order valence-corrected chi connectivity index (χ0v) is 21.5. The highest BCUT2D eigenvalue weighted by molar-refractivity contribution is 7.88. The third-order valence-corrected chi connectivity index (χ3v) is 6.83. The van der Waals surface area contributed by atoms with Crippen LogP contribution < -0.4 is 14.8 Å². The van der Waals surface area contributed by atoms with Crippen LogP contribution in [0.3, 0.4) is 0 Å². The lowest BCUT2D eigenvalue weighted by atomic mass is 9.86. The molecule has 0 aliphatic heterocycles. The molecule has 1 amide bonds. The van der Waals surface area contributed by atoms with E-state index >= 15 is 0 Å². The Hall–Kier alpha value is -3.38. The van der Waals surface area contributed by atoms with Gasteiger partial charge in [-0.05, 0) is 67.1 Å². The van der Waals surface area contributed by atoms with Crippen molar-refractivity contribution in [3.8, 4) is 17.1 Å². The van der Waals surface area contributed by atoms with Crippen LogP contribution in [0.15, 0.2) is 36.4 Å². The Balaban J connectivity index is 1.41. The quantitative estimate of drug-likeness (QED) is 0.443. The van der Waals surface area contributed by atoms with Crippen molar-refractivity contribution in [1.82, 2.24) is 35.2 Å². The van der Waals surface area contributed by atoms with Crippen LogP contribution in [-0.4, -0.2) is 58.9 Å². The number of carbonyl (C=O) groups excluding carboxylic acids is 1. The topological polar surface area (TPSA) is 141 Å². The maximum atomic E-state index is 12.8. The summed E-state index contributed by atoms with van der Waals surface area (Å²) in [6, 6.07) is 10.9.